The van der Waals surface area contributed by atoms with Crippen molar-refractivity contribution < 1.29 is 18.0 Å². The van der Waals surface area contributed by atoms with Gasteiger partial charge < -0.3 is 10.2 Å². The van der Waals surface area contributed by atoms with Crippen molar-refractivity contribution in [3.63, 3.8) is 0 Å². The highest BCUT2D eigenvalue weighted by atomic mass is 19.4. The number of benzene rings is 1. The summed E-state index contributed by atoms with van der Waals surface area (Å²) in [6.45, 7) is 0.514. The largest absolute Gasteiger partial charge is 0.416 e. The van der Waals surface area contributed by atoms with Crippen LogP contribution in [0.15, 0.2) is 24.3 Å². The molecule has 1 aliphatic carbocycles. The van der Waals surface area contributed by atoms with Gasteiger partial charge in [-0.2, -0.15) is 13.2 Å². The molecule has 0 bridgehead atoms. The zero-order chi connectivity index (χ0) is 16.9. The van der Waals surface area contributed by atoms with E-state index in [4.69, 9.17) is 0 Å². The van der Waals surface area contributed by atoms with Crippen LogP contribution in [0.25, 0.3) is 0 Å². The SMILES string of the molecule is CN(Cc1ccccc1C(F)(F)F)C(=O)NCCC1CCCC1. The Hall–Kier alpha value is -1.72. The van der Waals surface area contributed by atoms with Gasteiger partial charge in [-0.15, -0.1) is 0 Å². The van der Waals surface area contributed by atoms with Crippen LogP contribution in [0.4, 0.5) is 18.0 Å². The van der Waals surface area contributed by atoms with Crippen molar-refractivity contribution in [3.8, 4) is 0 Å². The van der Waals surface area contributed by atoms with E-state index in [0.29, 0.717) is 12.5 Å². The first kappa shape index (κ1) is 17.6. The van der Waals surface area contributed by atoms with Crippen LogP contribution in [0.1, 0.15) is 43.2 Å². The lowest BCUT2D eigenvalue weighted by Crippen LogP contribution is -2.38. The average Bonchev–Trinajstić information content (AvgIpc) is 3.00. The van der Waals surface area contributed by atoms with Crippen LogP contribution < -0.4 is 5.32 Å². The Morgan fingerprint density at radius 1 is 1.26 bits per heavy atom. The normalized spacial score (nSPS) is 15.7. The first-order valence-electron chi connectivity index (χ1n) is 8.02. The zero-order valence-corrected chi connectivity index (χ0v) is 13.3. The van der Waals surface area contributed by atoms with Crippen LogP contribution in [-0.2, 0) is 12.7 Å². The Kier molecular flexibility index (Phi) is 5.91. The van der Waals surface area contributed by atoms with Gasteiger partial charge in [-0.1, -0.05) is 43.9 Å². The Bertz CT molecular complexity index is 525. The van der Waals surface area contributed by atoms with Crippen LogP contribution in [0.5, 0.6) is 0 Å². The van der Waals surface area contributed by atoms with Crippen LogP contribution in [0.2, 0.25) is 0 Å². The summed E-state index contributed by atoms with van der Waals surface area (Å²) in [5, 5.41) is 2.79. The lowest BCUT2D eigenvalue weighted by atomic mass is 10.0. The van der Waals surface area contributed by atoms with E-state index in [9.17, 15) is 18.0 Å². The van der Waals surface area contributed by atoms with Gasteiger partial charge in [0.05, 0.1) is 5.56 Å². The van der Waals surface area contributed by atoms with Gasteiger partial charge >= 0.3 is 12.2 Å². The number of hydrogen-bond acceptors (Lipinski definition) is 1. The van der Waals surface area contributed by atoms with E-state index in [1.54, 1.807) is 6.07 Å². The molecule has 2 rings (SSSR count). The zero-order valence-electron chi connectivity index (χ0n) is 13.3. The summed E-state index contributed by atoms with van der Waals surface area (Å²) >= 11 is 0. The second-order valence-electron chi connectivity index (χ2n) is 6.18. The maximum Gasteiger partial charge on any atom is 0.416 e. The molecule has 0 saturated heterocycles. The molecule has 6 heteroatoms. The minimum atomic E-state index is -4.41. The Balaban J connectivity index is 1.86. The van der Waals surface area contributed by atoms with Gasteiger partial charge in [0.25, 0.3) is 0 Å². The molecule has 1 aromatic carbocycles. The van der Waals surface area contributed by atoms with Crippen molar-refractivity contribution in [2.75, 3.05) is 13.6 Å². The molecular weight excluding hydrogens is 305 g/mol. The van der Waals surface area contributed by atoms with Crippen molar-refractivity contribution in [2.24, 2.45) is 5.92 Å². The summed E-state index contributed by atoms with van der Waals surface area (Å²) in [6.07, 6.45) is 1.48. The van der Waals surface area contributed by atoms with Gasteiger partial charge in [0.1, 0.15) is 0 Å². The number of carbonyl (C=O) groups is 1. The van der Waals surface area contributed by atoms with E-state index in [0.717, 1.165) is 12.5 Å². The van der Waals surface area contributed by atoms with Gasteiger partial charge in [0.2, 0.25) is 0 Å². The maximum absolute atomic E-state index is 13.0. The molecule has 0 spiro atoms. The van der Waals surface area contributed by atoms with Gasteiger partial charge in [-0.05, 0) is 24.0 Å². The average molecular weight is 328 g/mol. The molecule has 1 saturated carbocycles. The fraction of sp³-hybridized carbons (Fsp3) is 0.588. The summed E-state index contributed by atoms with van der Waals surface area (Å²) in [4.78, 5) is 13.3. The van der Waals surface area contributed by atoms with Crippen molar-refractivity contribution in [1.29, 1.82) is 0 Å². The molecule has 0 aromatic heterocycles. The van der Waals surface area contributed by atoms with Crippen LogP contribution in [-0.4, -0.2) is 24.5 Å². The highest BCUT2D eigenvalue weighted by Gasteiger charge is 2.33. The van der Waals surface area contributed by atoms with E-state index in [1.165, 1.54) is 49.8 Å². The number of carbonyl (C=O) groups excluding carboxylic acids is 1. The highest BCUT2D eigenvalue weighted by Crippen LogP contribution is 2.32. The second kappa shape index (κ2) is 7.70. The standard InChI is InChI=1S/C17H23F3N2O/c1-22(16(23)21-11-10-13-6-2-3-7-13)12-14-8-4-5-9-15(14)17(18,19)20/h4-5,8-9,13H,2-3,6-7,10-12H2,1H3,(H,21,23). The number of rotatable bonds is 5. The molecule has 0 radical (unpaired) electrons. The Morgan fingerprint density at radius 2 is 1.91 bits per heavy atom. The smallest absolute Gasteiger partial charge is 0.338 e. The summed E-state index contributed by atoms with van der Waals surface area (Å²) in [6, 6.07) is 5.02. The van der Waals surface area contributed by atoms with E-state index in [1.807, 2.05) is 0 Å². The molecule has 1 fully saturated rings. The number of alkyl halides is 3. The summed E-state index contributed by atoms with van der Waals surface area (Å²) in [5.74, 6) is 0.673. The molecule has 3 nitrogen and oxygen atoms in total. The lowest BCUT2D eigenvalue weighted by molar-refractivity contribution is -0.138. The second-order valence-corrected chi connectivity index (χ2v) is 6.18. The molecule has 0 atom stereocenters. The fourth-order valence-electron chi connectivity index (χ4n) is 3.08. The molecule has 23 heavy (non-hydrogen) atoms. The van der Waals surface area contributed by atoms with Gasteiger partial charge in [0, 0.05) is 20.1 Å². The monoisotopic (exact) mass is 328 g/mol. The van der Waals surface area contributed by atoms with E-state index in [-0.39, 0.29) is 18.1 Å². The third kappa shape index (κ3) is 5.15. The lowest BCUT2D eigenvalue weighted by Gasteiger charge is -2.21. The molecule has 1 N–H and O–H groups in total. The fourth-order valence-corrected chi connectivity index (χ4v) is 3.08. The number of halogens is 3. The topological polar surface area (TPSA) is 32.3 Å². The molecule has 128 valence electrons. The number of hydrogen-bond donors (Lipinski definition) is 1. The van der Waals surface area contributed by atoms with E-state index in [2.05, 4.69) is 5.32 Å². The quantitative estimate of drug-likeness (QED) is 0.852. The summed E-state index contributed by atoms with van der Waals surface area (Å²) < 4.78 is 38.9. The number of nitrogens with one attached hydrogen (secondary N) is 1. The summed E-state index contributed by atoms with van der Waals surface area (Å²) in [5.41, 5.74) is -0.584. The molecule has 0 aliphatic heterocycles. The van der Waals surface area contributed by atoms with Crippen molar-refractivity contribution in [2.45, 2.75) is 44.8 Å². The molecule has 1 aliphatic rings. The first-order valence-corrected chi connectivity index (χ1v) is 8.02. The third-order valence-electron chi connectivity index (χ3n) is 4.38. The predicted molar refractivity (Wildman–Crippen MR) is 82.9 cm³/mol. The minimum Gasteiger partial charge on any atom is -0.338 e. The van der Waals surface area contributed by atoms with Crippen molar-refractivity contribution >= 4 is 6.03 Å². The molecule has 1 aromatic rings. The molecular formula is C17H23F3N2O. The van der Waals surface area contributed by atoms with Gasteiger partial charge in [-0.25, -0.2) is 4.79 Å². The third-order valence-corrected chi connectivity index (χ3v) is 4.38. The first-order chi connectivity index (χ1) is 10.9. The van der Waals surface area contributed by atoms with Gasteiger partial charge in [-0.3, -0.25) is 0 Å². The Morgan fingerprint density at radius 3 is 2.57 bits per heavy atom. The maximum atomic E-state index is 13.0. The summed E-state index contributed by atoms with van der Waals surface area (Å²) in [7, 11) is 1.51. The van der Waals surface area contributed by atoms with Crippen molar-refractivity contribution in [3.05, 3.63) is 35.4 Å². The molecule has 2 amide bonds. The number of amides is 2. The Labute approximate surface area is 134 Å². The minimum absolute atomic E-state index is 0.0645. The van der Waals surface area contributed by atoms with Crippen LogP contribution in [0.3, 0.4) is 0 Å². The van der Waals surface area contributed by atoms with Crippen molar-refractivity contribution in [1.82, 2.24) is 10.2 Å². The number of urea groups is 1. The van der Waals surface area contributed by atoms with Crippen LogP contribution >= 0.6 is 0 Å². The highest BCUT2D eigenvalue weighted by molar-refractivity contribution is 5.73. The molecule has 0 heterocycles. The van der Waals surface area contributed by atoms with E-state index >= 15 is 0 Å². The van der Waals surface area contributed by atoms with Gasteiger partial charge in [0.15, 0.2) is 0 Å². The van der Waals surface area contributed by atoms with Crippen LogP contribution in [0, 0.1) is 5.92 Å². The number of nitrogens with zero attached hydrogens (tertiary/aromatic N) is 1. The van der Waals surface area contributed by atoms with E-state index < -0.39 is 11.7 Å². The predicted octanol–water partition coefficient (Wildman–Crippen LogP) is 4.43. The molecule has 0 unspecified atom stereocenters.